The van der Waals surface area contributed by atoms with E-state index in [2.05, 4.69) is 29.4 Å². The van der Waals surface area contributed by atoms with Crippen LogP contribution in [-0.2, 0) is 17.8 Å². The van der Waals surface area contributed by atoms with E-state index in [9.17, 15) is 0 Å². The molecule has 1 N–H and O–H groups in total. The molecular formula is C14H25N3OS. The molecule has 5 heteroatoms. The number of hydrogen-bond acceptors (Lipinski definition) is 5. The van der Waals surface area contributed by atoms with Crippen LogP contribution in [0.2, 0.25) is 0 Å². The van der Waals surface area contributed by atoms with Crippen LogP contribution in [0.4, 0.5) is 0 Å². The summed E-state index contributed by atoms with van der Waals surface area (Å²) in [6.07, 6.45) is 1.55. The largest absolute Gasteiger partial charge is 0.380 e. The molecule has 0 spiro atoms. The zero-order chi connectivity index (χ0) is 13.7. The zero-order valence-corrected chi connectivity index (χ0v) is 13.0. The van der Waals surface area contributed by atoms with Crippen molar-refractivity contribution in [1.29, 1.82) is 0 Å². The van der Waals surface area contributed by atoms with Crippen LogP contribution in [0.15, 0.2) is 5.38 Å². The Bertz CT molecular complexity index is 381. The molecule has 19 heavy (non-hydrogen) atoms. The molecule has 1 fully saturated rings. The molecule has 2 heterocycles. The van der Waals surface area contributed by atoms with Gasteiger partial charge < -0.3 is 10.1 Å². The number of ether oxygens (including phenoxy) is 1. The van der Waals surface area contributed by atoms with Gasteiger partial charge in [-0.15, -0.1) is 11.3 Å². The number of nitrogens with one attached hydrogen (secondary N) is 1. The van der Waals surface area contributed by atoms with Crippen molar-refractivity contribution >= 4 is 11.3 Å². The average Bonchev–Trinajstić information content (AvgIpc) is 2.99. The van der Waals surface area contributed by atoms with Crippen LogP contribution in [0.25, 0.3) is 0 Å². The van der Waals surface area contributed by atoms with Crippen LogP contribution >= 0.6 is 11.3 Å². The van der Waals surface area contributed by atoms with E-state index in [4.69, 9.17) is 9.72 Å². The van der Waals surface area contributed by atoms with E-state index in [1.807, 2.05) is 0 Å². The van der Waals surface area contributed by atoms with Gasteiger partial charge in [-0.25, -0.2) is 4.98 Å². The second-order valence-electron chi connectivity index (χ2n) is 5.64. The number of rotatable bonds is 7. The number of aromatic nitrogens is 1. The summed E-state index contributed by atoms with van der Waals surface area (Å²) in [6, 6.07) is 0. The summed E-state index contributed by atoms with van der Waals surface area (Å²) in [5, 5.41) is 6.82. The van der Waals surface area contributed by atoms with Gasteiger partial charge in [0.25, 0.3) is 0 Å². The molecule has 0 bridgehead atoms. The Morgan fingerprint density at radius 2 is 2.42 bits per heavy atom. The second-order valence-corrected chi connectivity index (χ2v) is 6.58. The summed E-state index contributed by atoms with van der Waals surface area (Å²) < 4.78 is 5.39. The van der Waals surface area contributed by atoms with Crippen LogP contribution in [0.1, 0.15) is 31.0 Å². The van der Waals surface area contributed by atoms with Gasteiger partial charge in [-0.2, -0.15) is 0 Å². The first-order valence-electron chi connectivity index (χ1n) is 7.06. The van der Waals surface area contributed by atoms with Gasteiger partial charge in [-0.1, -0.05) is 13.8 Å². The lowest BCUT2D eigenvalue weighted by Gasteiger charge is -2.13. The minimum absolute atomic E-state index is 0.408. The molecule has 1 aromatic rings. The standard InChI is InChI=1S/C14H25N3OS/c1-11(2)6-15-7-14-16-12(10-19-14)8-17-5-4-13(9-17)18-3/h10-11,13,15H,4-9H2,1-3H3. The van der Waals surface area contributed by atoms with Crippen LogP contribution in [0, 0.1) is 5.92 Å². The number of hydrogen-bond donors (Lipinski definition) is 1. The van der Waals surface area contributed by atoms with Crippen LogP contribution in [-0.4, -0.2) is 42.7 Å². The molecule has 108 valence electrons. The first-order chi connectivity index (χ1) is 9.17. The molecular weight excluding hydrogens is 258 g/mol. The molecule has 0 aliphatic carbocycles. The highest BCUT2D eigenvalue weighted by Gasteiger charge is 2.22. The molecule has 1 unspecified atom stereocenters. The topological polar surface area (TPSA) is 37.4 Å². The fraction of sp³-hybridized carbons (Fsp3) is 0.786. The molecule has 2 rings (SSSR count). The monoisotopic (exact) mass is 283 g/mol. The van der Waals surface area contributed by atoms with Crippen molar-refractivity contribution in [1.82, 2.24) is 15.2 Å². The van der Waals surface area contributed by atoms with Crippen LogP contribution < -0.4 is 5.32 Å². The summed E-state index contributed by atoms with van der Waals surface area (Å²) >= 11 is 1.76. The maximum absolute atomic E-state index is 5.39. The Morgan fingerprint density at radius 1 is 1.58 bits per heavy atom. The minimum Gasteiger partial charge on any atom is -0.380 e. The molecule has 1 aliphatic heterocycles. The SMILES string of the molecule is COC1CCN(Cc2csc(CNCC(C)C)n2)C1. The highest BCUT2D eigenvalue weighted by atomic mass is 32.1. The number of nitrogens with zero attached hydrogens (tertiary/aromatic N) is 2. The molecule has 1 saturated heterocycles. The predicted octanol–water partition coefficient (Wildman–Crippen LogP) is 2.11. The summed E-state index contributed by atoms with van der Waals surface area (Å²) in [5.74, 6) is 0.690. The Morgan fingerprint density at radius 3 is 3.11 bits per heavy atom. The fourth-order valence-electron chi connectivity index (χ4n) is 2.33. The molecule has 0 saturated carbocycles. The molecule has 1 atom stereocenters. The minimum atomic E-state index is 0.408. The quantitative estimate of drug-likeness (QED) is 0.831. The molecule has 0 amide bonds. The number of likely N-dealkylation sites (tertiary alicyclic amines) is 1. The van der Waals surface area contributed by atoms with Crippen molar-refractivity contribution in [3.05, 3.63) is 16.1 Å². The molecule has 4 nitrogen and oxygen atoms in total. The highest BCUT2D eigenvalue weighted by molar-refractivity contribution is 7.09. The first-order valence-corrected chi connectivity index (χ1v) is 7.94. The van der Waals surface area contributed by atoms with E-state index >= 15 is 0 Å². The number of thiazole rings is 1. The lowest BCUT2D eigenvalue weighted by atomic mass is 10.2. The third-order valence-electron chi connectivity index (χ3n) is 3.38. The van der Waals surface area contributed by atoms with Crippen molar-refractivity contribution in [2.24, 2.45) is 5.92 Å². The molecule has 1 aliphatic rings. The maximum Gasteiger partial charge on any atom is 0.107 e. The van der Waals surface area contributed by atoms with Crippen molar-refractivity contribution in [3.8, 4) is 0 Å². The van der Waals surface area contributed by atoms with Crippen molar-refractivity contribution in [2.45, 2.75) is 39.5 Å². The van der Waals surface area contributed by atoms with Gasteiger partial charge in [0.15, 0.2) is 0 Å². The third-order valence-corrected chi connectivity index (χ3v) is 4.27. The summed E-state index contributed by atoms with van der Waals surface area (Å²) in [6.45, 7) is 9.51. The third kappa shape index (κ3) is 4.84. The van der Waals surface area contributed by atoms with Crippen molar-refractivity contribution in [3.63, 3.8) is 0 Å². The van der Waals surface area contributed by atoms with Gasteiger partial charge in [-0.3, -0.25) is 4.90 Å². The lowest BCUT2D eigenvalue weighted by molar-refractivity contribution is 0.107. The Hall–Kier alpha value is -0.490. The van der Waals surface area contributed by atoms with Gasteiger partial charge in [0.1, 0.15) is 5.01 Å². The Labute approximate surface area is 120 Å². The molecule has 0 aromatic carbocycles. The van der Waals surface area contributed by atoms with E-state index in [0.29, 0.717) is 12.0 Å². The fourth-order valence-corrected chi connectivity index (χ4v) is 3.09. The van der Waals surface area contributed by atoms with Gasteiger partial charge in [0.2, 0.25) is 0 Å². The van der Waals surface area contributed by atoms with Crippen LogP contribution in [0.3, 0.4) is 0 Å². The summed E-state index contributed by atoms with van der Waals surface area (Å²) in [5.41, 5.74) is 1.20. The normalized spacial score (nSPS) is 20.5. The zero-order valence-electron chi connectivity index (χ0n) is 12.2. The second kappa shape index (κ2) is 7.33. The molecule has 0 radical (unpaired) electrons. The predicted molar refractivity (Wildman–Crippen MR) is 79.3 cm³/mol. The number of methoxy groups -OCH3 is 1. The molecule has 1 aromatic heterocycles. The average molecular weight is 283 g/mol. The summed E-state index contributed by atoms with van der Waals surface area (Å²) in [4.78, 5) is 7.12. The Balaban J connectivity index is 1.74. The highest BCUT2D eigenvalue weighted by Crippen LogP contribution is 2.17. The van der Waals surface area contributed by atoms with E-state index in [1.54, 1.807) is 18.4 Å². The summed E-state index contributed by atoms with van der Waals surface area (Å²) in [7, 11) is 1.80. The maximum atomic E-state index is 5.39. The van der Waals surface area contributed by atoms with Gasteiger partial charge >= 0.3 is 0 Å². The van der Waals surface area contributed by atoms with Crippen molar-refractivity contribution < 1.29 is 4.74 Å². The van der Waals surface area contributed by atoms with E-state index in [0.717, 1.165) is 39.1 Å². The van der Waals surface area contributed by atoms with Gasteiger partial charge in [0, 0.05) is 38.7 Å². The van der Waals surface area contributed by atoms with Gasteiger partial charge in [-0.05, 0) is 18.9 Å². The van der Waals surface area contributed by atoms with Crippen molar-refractivity contribution in [2.75, 3.05) is 26.7 Å². The van der Waals surface area contributed by atoms with E-state index < -0.39 is 0 Å². The van der Waals surface area contributed by atoms with Crippen LogP contribution in [0.5, 0.6) is 0 Å². The first kappa shape index (κ1) is 14.9. The Kier molecular flexibility index (Phi) is 5.76. The smallest absolute Gasteiger partial charge is 0.107 e. The van der Waals surface area contributed by atoms with E-state index in [-0.39, 0.29) is 0 Å². The van der Waals surface area contributed by atoms with E-state index in [1.165, 1.54) is 10.7 Å². The van der Waals surface area contributed by atoms with Gasteiger partial charge in [0.05, 0.1) is 11.8 Å². The lowest BCUT2D eigenvalue weighted by Crippen LogP contribution is -2.22.